The number of hydrogen-bond donors (Lipinski definition) is 2. The SMILES string of the molecule is Cc1csc(Sc2ccc(NC(=O)C3CCNC3)cc2Cl)n1. The summed E-state index contributed by atoms with van der Waals surface area (Å²) in [5.74, 6) is 0.100. The number of rotatable bonds is 4. The van der Waals surface area contributed by atoms with Gasteiger partial charge in [-0.25, -0.2) is 4.98 Å². The van der Waals surface area contributed by atoms with Crippen molar-refractivity contribution < 1.29 is 4.79 Å². The molecule has 1 atom stereocenters. The molecule has 0 bridgehead atoms. The number of hydrogen-bond acceptors (Lipinski definition) is 5. The van der Waals surface area contributed by atoms with Crippen LogP contribution < -0.4 is 10.6 Å². The Labute approximate surface area is 142 Å². The average molecular weight is 354 g/mol. The number of thiazole rings is 1. The van der Waals surface area contributed by atoms with Crippen molar-refractivity contribution in [3.8, 4) is 0 Å². The van der Waals surface area contributed by atoms with Gasteiger partial charge in [0.2, 0.25) is 5.91 Å². The third-order valence-electron chi connectivity index (χ3n) is 3.43. The van der Waals surface area contributed by atoms with Crippen molar-refractivity contribution in [3.05, 3.63) is 34.3 Å². The predicted molar refractivity (Wildman–Crippen MR) is 92.0 cm³/mol. The van der Waals surface area contributed by atoms with Gasteiger partial charge in [0.1, 0.15) is 0 Å². The summed E-state index contributed by atoms with van der Waals surface area (Å²) in [7, 11) is 0. The summed E-state index contributed by atoms with van der Waals surface area (Å²) in [5, 5.41) is 8.77. The van der Waals surface area contributed by atoms with Crippen molar-refractivity contribution in [2.45, 2.75) is 22.6 Å². The van der Waals surface area contributed by atoms with Crippen molar-refractivity contribution in [3.63, 3.8) is 0 Å². The van der Waals surface area contributed by atoms with Gasteiger partial charge in [-0.05, 0) is 38.1 Å². The Morgan fingerprint density at radius 3 is 3.05 bits per heavy atom. The molecule has 7 heteroatoms. The summed E-state index contributed by atoms with van der Waals surface area (Å²) < 4.78 is 0.966. The van der Waals surface area contributed by atoms with Crippen molar-refractivity contribution in [1.82, 2.24) is 10.3 Å². The second kappa shape index (κ2) is 7.00. The normalized spacial score (nSPS) is 17.6. The molecule has 2 N–H and O–H groups in total. The number of carbonyl (C=O) groups is 1. The van der Waals surface area contributed by atoms with Crippen LogP contribution in [0.5, 0.6) is 0 Å². The van der Waals surface area contributed by atoms with E-state index in [0.29, 0.717) is 5.02 Å². The largest absolute Gasteiger partial charge is 0.326 e. The standard InChI is InChI=1S/C15H16ClN3OS2/c1-9-8-21-15(18-9)22-13-3-2-11(6-12(13)16)19-14(20)10-4-5-17-7-10/h2-3,6,8,10,17H,4-5,7H2,1H3,(H,19,20). The molecule has 0 spiro atoms. The van der Waals surface area contributed by atoms with Crippen molar-refractivity contribution >= 4 is 46.3 Å². The molecular formula is C15H16ClN3OS2. The van der Waals surface area contributed by atoms with E-state index in [0.717, 1.165) is 40.1 Å². The summed E-state index contributed by atoms with van der Waals surface area (Å²) in [6.45, 7) is 3.62. The van der Waals surface area contributed by atoms with Gasteiger partial charge in [0.15, 0.2) is 4.34 Å². The second-order valence-corrected chi connectivity index (χ2v) is 7.74. The lowest BCUT2D eigenvalue weighted by Gasteiger charge is -2.11. The molecule has 0 radical (unpaired) electrons. The van der Waals surface area contributed by atoms with E-state index in [1.54, 1.807) is 29.2 Å². The zero-order chi connectivity index (χ0) is 15.5. The van der Waals surface area contributed by atoms with Gasteiger partial charge in [-0.2, -0.15) is 0 Å². The Morgan fingerprint density at radius 1 is 1.55 bits per heavy atom. The van der Waals surface area contributed by atoms with Crippen LogP contribution in [-0.4, -0.2) is 24.0 Å². The van der Waals surface area contributed by atoms with Crippen LogP contribution in [0.25, 0.3) is 0 Å². The van der Waals surface area contributed by atoms with Gasteiger partial charge in [-0.15, -0.1) is 11.3 Å². The number of anilines is 1. The first-order chi connectivity index (χ1) is 10.6. The lowest BCUT2D eigenvalue weighted by Crippen LogP contribution is -2.24. The van der Waals surface area contributed by atoms with Crippen LogP contribution in [0, 0.1) is 12.8 Å². The molecular weight excluding hydrogens is 338 g/mol. The molecule has 3 rings (SSSR count). The van der Waals surface area contributed by atoms with Crippen LogP contribution in [0.1, 0.15) is 12.1 Å². The number of benzene rings is 1. The number of nitrogens with zero attached hydrogens (tertiary/aromatic N) is 1. The third-order valence-corrected chi connectivity index (χ3v) is 5.98. The lowest BCUT2D eigenvalue weighted by molar-refractivity contribution is -0.119. The van der Waals surface area contributed by atoms with Gasteiger partial charge in [0, 0.05) is 28.2 Å². The zero-order valence-corrected chi connectivity index (χ0v) is 14.4. The average Bonchev–Trinajstić information content (AvgIpc) is 3.13. The summed E-state index contributed by atoms with van der Waals surface area (Å²) in [5.41, 5.74) is 1.75. The fourth-order valence-electron chi connectivity index (χ4n) is 2.26. The maximum atomic E-state index is 12.1. The van der Waals surface area contributed by atoms with E-state index in [9.17, 15) is 4.79 Å². The maximum Gasteiger partial charge on any atom is 0.228 e. The first kappa shape index (κ1) is 15.8. The first-order valence-corrected chi connectivity index (χ1v) is 9.10. The Kier molecular flexibility index (Phi) is 5.03. The molecule has 22 heavy (non-hydrogen) atoms. The zero-order valence-electron chi connectivity index (χ0n) is 12.1. The maximum absolute atomic E-state index is 12.1. The number of amides is 1. The van der Waals surface area contributed by atoms with Crippen LogP contribution in [0.15, 0.2) is 32.8 Å². The Morgan fingerprint density at radius 2 is 2.41 bits per heavy atom. The number of aryl methyl sites for hydroxylation is 1. The van der Waals surface area contributed by atoms with E-state index in [1.165, 1.54) is 0 Å². The highest BCUT2D eigenvalue weighted by molar-refractivity contribution is 8.01. The summed E-state index contributed by atoms with van der Waals surface area (Å²) in [4.78, 5) is 17.5. The molecule has 1 aliphatic heterocycles. The molecule has 0 aliphatic carbocycles. The minimum absolute atomic E-state index is 0.0473. The van der Waals surface area contributed by atoms with E-state index in [1.807, 2.05) is 24.4 Å². The highest BCUT2D eigenvalue weighted by Gasteiger charge is 2.22. The number of carbonyl (C=O) groups excluding carboxylic acids is 1. The van der Waals surface area contributed by atoms with Crippen molar-refractivity contribution in [2.24, 2.45) is 5.92 Å². The molecule has 1 aliphatic rings. The van der Waals surface area contributed by atoms with E-state index in [4.69, 9.17) is 11.6 Å². The quantitative estimate of drug-likeness (QED) is 0.877. The fraction of sp³-hybridized carbons (Fsp3) is 0.333. The van der Waals surface area contributed by atoms with Gasteiger partial charge >= 0.3 is 0 Å². The molecule has 1 unspecified atom stereocenters. The van der Waals surface area contributed by atoms with Crippen LogP contribution in [0.3, 0.4) is 0 Å². The number of aromatic nitrogens is 1. The highest BCUT2D eigenvalue weighted by Crippen LogP contribution is 2.36. The molecule has 1 aromatic heterocycles. The second-order valence-electron chi connectivity index (χ2n) is 5.18. The molecule has 0 saturated carbocycles. The number of nitrogens with one attached hydrogen (secondary N) is 2. The summed E-state index contributed by atoms with van der Waals surface area (Å²) in [6, 6.07) is 5.60. The first-order valence-electron chi connectivity index (χ1n) is 7.03. The van der Waals surface area contributed by atoms with Gasteiger partial charge in [0.25, 0.3) is 0 Å². The Bertz CT molecular complexity index is 683. The molecule has 116 valence electrons. The topological polar surface area (TPSA) is 54.0 Å². The van der Waals surface area contributed by atoms with E-state index < -0.39 is 0 Å². The molecule has 1 fully saturated rings. The summed E-state index contributed by atoms with van der Waals surface area (Å²) in [6.07, 6.45) is 0.886. The van der Waals surface area contributed by atoms with E-state index in [-0.39, 0.29) is 11.8 Å². The van der Waals surface area contributed by atoms with Crippen LogP contribution >= 0.6 is 34.7 Å². The van der Waals surface area contributed by atoms with Gasteiger partial charge < -0.3 is 10.6 Å². The Balaban J connectivity index is 1.67. The molecule has 1 saturated heterocycles. The van der Waals surface area contributed by atoms with Crippen molar-refractivity contribution in [1.29, 1.82) is 0 Å². The minimum atomic E-state index is 0.0473. The smallest absolute Gasteiger partial charge is 0.228 e. The van der Waals surface area contributed by atoms with Crippen LogP contribution in [-0.2, 0) is 4.79 Å². The van der Waals surface area contributed by atoms with E-state index >= 15 is 0 Å². The summed E-state index contributed by atoms with van der Waals surface area (Å²) >= 11 is 9.46. The van der Waals surface area contributed by atoms with Gasteiger partial charge in [-0.3, -0.25) is 4.79 Å². The molecule has 2 heterocycles. The van der Waals surface area contributed by atoms with Crippen LogP contribution in [0.4, 0.5) is 5.69 Å². The molecule has 1 amide bonds. The van der Waals surface area contributed by atoms with Gasteiger partial charge in [-0.1, -0.05) is 23.4 Å². The monoisotopic (exact) mass is 353 g/mol. The predicted octanol–water partition coefficient (Wildman–Crippen LogP) is 3.80. The van der Waals surface area contributed by atoms with Crippen LogP contribution in [0.2, 0.25) is 5.02 Å². The number of halogens is 1. The van der Waals surface area contributed by atoms with E-state index in [2.05, 4.69) is 15.6 Å². The molecule has 2 aromatic rings. The lowest BCUT2D eigenvalue weighted by atomic mass is 10.1. The fourth-order valence-corrected chi connectivity index (χ4v) is 4.35. The molecule has 4 nitrogen and oxygen atoms in total. The highest BCUT2D eigenvalue weighted by atomic mass is 35.5. The third kappa shape index (κ3) is 3.81. The van der Waals surface area contributed by atoms with Crippen molar-refractivity contribution in [2.75, 3.05) is 18.4 Å². The van der Waals surface area contributed by atoms with Gasteiger partial charge in [0.05, 0.1) is 10.9 Å². The minimum Gasteiger partial charge on any atom is -0.326 e. The molecule has 1 aromatic carbocycles. The Hall–Kier alpha value is -1.08.